The molecule has 2 aromatic carbocycles. The summed E-state index contributed by atoms with van der Waals surface area (Å²) in [6, 6.07) is 12.9. The number of nitrogens with one attached hydrogen (secondary N) is 1. The molecule has 1 amide bonds. The van der Waals surface area contributed by atoms with Gasteiger partial charge < -0.3 is 10.4 Å². The molecular weight excluding hydrogens is 290 g/mol. The minimum Gasteiger partial charge on any atom is -0.478 e. The molecule has 0 bridgehead atoms. The van der Waals surface area contributed by atoms with Gasteiger partial charge in [0.2, 0.25) is 0 Å². The number of carboxylic acids is 1. The van der Waals surface area contributed by atoms with Crippen LogP contribution in [0.25, 0.3) is 0 Å². The average molecular weight is 304 g/mol. The molecule has 2 N–H and O–H groups in total. The second-order valence-electron chi connectivity index (χ2n) is 4.63. The van der Waals surface area contributed by atoms with E-state index in [9.17, 15) is 9.59 Å². The highest BCUT2D eigenvalue weighted by Crippen LogP contribution is 2.16. The zero-order chi connectivity index (χ0) is 15.4. The maximum atomic E-state index is 12.1. The second kappa shape index (κ2) is 6.41. The third-order valence-corrected chi connectivity index (χ3v) is 3.36. The van der Waals surface area contributed by atoms with E-state index in [1.165, 1.54) is 24.3 Å². The van der Waals surface area contributed by atoms with Crippen LogP contribution in [-0.2, 0) is 0 Å². The van der Waals surface area contributed by atoms with E-state index >= 15 is 0 Å². The fraction of sp³-hybridized carbons (Fsp3) is 0.125. The Morgan fingerprint density at radius 1 is 1.00 bits per heavy atom. The minimum absolute atomic E-state index is 0.150. The Morgan fingerprint density at radius 2 is 1.52 bits per heavy atom. The molecule has 1 atom stereocenters. The van der Waals surface area contributed by atoms with Crippen molar-refractivity contribution in [2.45, 2.75) is 13.0 Å². The summed E-state index contributed by atoms with van der Waals surface area (Å²) in [6.07, 6.45) is 0. The first-order valence-electron chi connectivity index (χ1n) is 6.37. The molecule has 0 saturated carbocycles. The highest BCUT2D eigenvalue weighted by Gasteiger charge is 2.12. The minimum atomic E-state index is -1.02. The van der Waals surface area contributed by atoms with Gasteiger partial charge in [0.05, 0.1) is 11.6 Å². The second-order valence-corrected chi connectivity index (χ2v) is 5.07. The van der Waals surface area contributed by atoms with Crippen LogP contribution < -0.4 is 5.32 Å². The molecule has 0 saturated heterocycles. The zero-order valence-corrected chi connectivity index (χ0v) is 12.1. The summed E-state index contributed by atoms with van der Waals surface area (Å²) in [5.41, 5.74) is 1.51. The lowest BCUT2D eigenvalue weighted by Gasteiger charge is -2.14. The Bertz CT molecular complexity index is 650. The molecule has 0 aliphatic rings. The summed E-state index contributed by atoms with van der Waals surface area (Å²) in [5, 5.41) is 12.3. The number of amides is 1. The van der Waals surface area contributed by atoms with E-state index in [0.717, 1.165) is 5.56 Å². The average Bonchev–Trinajstić information content (AvgIpc) is 2.47. The Labute approximate surface area is 127 Å². The van der Waals surface area contributed by atoms with E-state index in [1.54, 1.807) is 12.1 Å². The van der Waals surface area contributed by atoms with Gasteiger partial charge in [-0.05, 0) is 48.9 Å². The predicted molar refractivity (Wildman–Crippen MR) is 80.7 cm³/mol. The van der Waals surface area contributed by atoms with Gasteiger partial charge in [-0.15, -0.1) is 0 Å². The first kappa shape index (κ1) is 15.1. The van der Waals surface area contributed by atoms with Crippen molar-refractivity contribution in [3.63, 3.8) is 0 Å². The number of benzene rings is 2. The summed E-state index contributed by atoms with van der Waals surface area (Å²) in [4.78, 5) is 22.9. The monoisotopic (exact) mass is 303 g/mol. The van der Waals surface area contributed by atoms with Crippen molar-refractivity contribution in [3.8, 4) is 0 Å². The van der Waals surface area contributed by atoms with Gasteiger partial charge in [0.25, 0.3) is 5.91 Å². The largest absolute Gasteiger partial charge is 0.478 e. The predicted octanol–water partition coefficient (Wildman–Crippen LogP) is 3.53. The van der Waals surface area contributed by atoms with Crippen LogP contribution in [0, 0.1) is 0 Å². The molecule has 2 rings (SSSR count). The SMILES string of the molecule is CC(NC(=O)c1ccc(C(=O)O)cc1)c1ccc(Cl)cc1. The number of carbonyl (C=O) groups is 2. The normalized spacial score (nSPS) is 11.7. The van der Waals surface area contributed by atoms with E-state index in [0.29, 0.717) is 10.6 Å². The van der Waals surface area contributed by atoms with E-state index in [-0.39, 0.29) is 17.5 Å². The number of halogens is 1. The van der Waals surface area contributed by atoms with Crippen LogP contribution in [0.2, 0.25) is 5.02 Å². The van der Waals surface area contributed by atoms with Crippen LogP contribution in [-0.4, -0.2) is 17.0 Å². The van der Waals surface area contributed by atoms with Crippen LogP contribution in [0.3, 0.4) is 0 Å². The third-order valence-electron chi connectivity index (χ3n) is 3.11. The van der Waals surface area contributed by atoms with Crippen LogP contribution >= 0.6 is 11.6 Å². The molecule has 0 aliphatic heterocycles. The van der Waals surface area contributed by atoms with Gasteiger partial charge in [-0.25, -0.2) is 4.79 Å². The van der Waals surface area contributed by atoms with E-state index < -0.39 is 5.97 Å². The fourth-order valence-corrected chi connectivity index (χ4v) is 2.00. The van der Waals surface area contributed by atoms with E-state index in [1.807, 2.05) is 19.1 Å². The molecule has 0 aliphatic carbocycles. The zero-order valence-electron chi connectivity index (χ0n) is 11.3. The third kappa shape index (κ3) is 3.83. The highest BCUT2D eigenvalue weighted by atomic mass is 35.5. The van der Waals surface area contributed by atoms with Crippen molar-refractivity contribution >= 4 is 23.5 Å². The number of carboxylic acid groups (broad SMARTS) is 1. The molecule has 0 aromatic heterocycles. The number of carbonyl (C=O) groups excluding carboxylic acids is 1. The van der Waals surface area contributed by atoms with Crippen molar-refractivity contribution in [3.05, 3.63) is 70.2 Å². The lowest BCUT2D eigenvalue weighted by Crippen LogP contribution is -2.26. The number of aromatic carboxylic acids is 1. The van der Waals surface area contributed by atoms with Crippen LogP contribution in [0.4, 0.5) is 0 Å². The fourth-order valence-electron chi connectivity index (χ4n) is 1.88. The summed E-state index contributed by atoms with van der Waals surface area (Å²) < 4.78 is 0. The summed E-state index contributed by atoms with van der Waals surface area (Å²) in [5.74, 6) is -1.27. The van der Waals surface area contributed by atoms with Gasteiger partial charge in [0, 0.05) is 10.6 Å². The lowest BCUT2D eigenvalue weighted by atomic mass is 10.1. The molecule has 0 radical (unpaired) electrons. The smallest absolute Gasteiger partial charge is 0.335 e. The molecule has 0 heterocycles. The summed E-state index contributed by atoms with van der Waals surface area (Å²) in [7, 11) is 0. The maximum absolute atomic E-state index is 12.1. The van der Waals surface area contributed by atoms with Gasteiger partial charge in [-0.2, -0.15) is 0 Å². The van der Waals surface area contributed by atoms with Crippen molar-refractivity contribution in [2.24, 2.45) is 0 Å². The molecule has 5 heteroatoms. The molecule has 0 spiro atoms. The Morgan fingerprint density at radius 3 is 2.05 bits per heavy atom. The first-order valence-corrected chi connectivity index (χ1v) is 6.75. The lowest BCUT2D eigenvalue weighted by molar-refractivity contribution is 0.0696. The Hall–Kier alpha value is -2.33. The van der Waals surface area contributed by atoms with Crippen molar-refractivity contribution in [1.82, 2.24) is 5.32 Å². The van der Waals surface area contributed by atoms with E-state index in [2.05, 4.69) is 5.32 Å². The van der Waals surface area contributed by atoms with E-state index in [4.69, 9.17) is 16.7 Å². The molecule has 108 valence electrons. The molecule has 1 unspecified atom stereocenters. The van der Waals surface area contributed by atoms with Crippen LogP contribution in [0.5, 0.6) is 0 Å². The molecule has 0 fully saturated rings. The van der Waals surface area contributed by atoms with Crippen LogP contribution in [0.15, 0.2) is 48.5 Å². The van der Waals surface area contributed by atoms with Crippen LogP contribution in [0.1, 0.15) is 39.2 Å². The number of rotatable bonds is 4. The van der Waals surface area contributed by atoms with Gasteiger partial charge >= 0.3 is 5.97 Å². The molecule has 21 heavy (non-hydrogen) atoms. The topological polar surface area (TPSA) is 66.4 Å². The summed E-state index contributed by atoms with van der Waals surface area (Å²) >= 11 is 5.82. The molecule has 4 nitrogen and oxygen atoms in total. The van der Waals surface area contributed by atoms with Gasteiger partial charge in [0.1, 0.15) is 0 Å². The highest BCUT2D eigenvalue weighted by molar-refractivity contribution is 6.30. The summed E-state index contributed by atoms with van der Waals surface area (Å²) in [6.45, 7) is 1.87. The Kier molecular flexibility index (Phi) is 4.60. The van der Waals surface area contributed by atoms with Crippen molar-refractivity contribution < 1.29 is 14.7 Å². The van der Waals surface area contributed by atoms with Gasteiger partial charge in [-0.3, -0.25) is 4.79 Å². The standard InChI is InChI=1S/C16H14ClNO3/c1-10(11-6-8-14(17)9-7-11)18-15(19)12-2-4-13(5-3-12)16(20)21/h2-10H,1H3,(H,18,19)(H,20,21). The first-order chi connectivity index (χ1) is 9.97. The molecular formula is C16H14ClNO3. The van der Waals surface area contributed by atoms with Crippen molar-refractivity contribution in [1.29, 1.82) is 0 Å². The van der Waals surface area contributed by atoms with Crippen molar-refractivity contribution in [2.75, 3.05) is 0 Å². The van der Waals surface area contributed by atoms with Gasteiger partial charge in [-0.1, -0.05) is 23.7 Å². The number of hydrogen-bond donors (Lipinski definition) is 2. The number of hydrogen-bond acceptors (Lipinski definition) is 2. The maximum Gasteiger partial charge on any atom is 0.335 e. The quantitative estimate of drug-likeness (QED) is 0.908. The Balaban J connectivity index is 2.06. The van der Waals surface area contributed by atoms with Gasteiger partial charge in [0.15, 0.2) is 0 Å². The molecule has 2 aromatic rings.